The van der Waals surface area contributed by atoms with Crippen molar-refractivity contribution in [2.45, 2.75) is 6.92 Å². The minimum Gasteiger partial charge on any atom is -0.508 e. The highest BCUT2D eigenvalue weighted by molar-refractivity contribution is 6.12. The van der Waals surface area contributed by atoms with Crippen molar-refractivity contribution in [3.63, 3.8) is 0 Å². The van der Waals surface area contributed by atoms with Crippen LogP contribution in [-0.4, -0.2) is 10.8 Å². The van der Waals surface area contributed by atoms with Gasteiger partial charge in [0.25, 0.3) is 0 Å². The first kappa shape index (κ1) is 10.4. The molecule has 16 heavy (non-hydrogen) atoms. The van der Waals surface area contributed by atoms with Crippen molar-refractivity contribution in [1.29, 1.82) is 0 Å². The smallest absolute Gasteiger partial charge is 0.120 e. The predicted octanol–water partition coefficient (Wildman–Crippen LogP) is 3.46. The second-order valence-corrected chi connectivity index (χ2v) is 3.66. The van der Waals surface area contributed by atoms with Gasteiger partial charge >= 0.3 is 0 Å². The van der Waals surface area contributed by atoms with Crippen LogP contribution in [0.1, 0.15) is 5.56 Å². The molecule has 0 atom stereocenters. The van der Waals surface area contributed by atoms with Crippen molar-refractivity contribution in [3.05, 3.63) is 60.2 Å². The first-order valence-corrected chi connectivity index (χ1v) is 5.10. The normalized spacial score (nSPS) is 17.1. The number of aliphatic imine (C=N–C) groups is 1. The molecule has 80 valence electrons. The Morgan fingerprint density at radius 3 is 2.69 bits per heavy atom. The molecule has 0 heterocycles. The van der Waals surface area contributed by atoms with Crippen LogP contribution < -0.4 is 0 Å². The molecule has 1 aromatic rings. The zero-order valence-electron chi connectivity index (χ0n) is 9.14. The Labute approximate surface area is 95.0 Å². The molecule has 2 heteroatoms. The van der Waals surface area contributed by atoms with E-state index in [4.69, 9.17) is 0 Å². The predicted molar refractivity (Wildman–Crippen MR) is 67.4 cm³/mol. The number of aromatic hydroxyl groups is 1. The van der Waals surface area contributed by atoms with E-state index in [2.05, 4.69) is 11.6 Å². The topological polar surface area (TPSA) is 32.6 Å². The van der Waals surface area contributed by atoms with Gasteiger partial charge in [-0.05, 0) is 30.7 Å². The van der Waals surface area contributed by atoms with Gasteiger partial charge in [-0.15, -0.1) is 0 Å². The fourth-order valence-electron chi connectivity index (χ4n) is 1.48. The molecule has 1 aliphatic carbocycles. The molecular formula is C14H13NO. The number of hydrogen-bond donors (Lipinski definition) is 1. The lowest BCUT2D eigenvalue weighted by Crippen LogP contribution is -1.97. The van der Waals surface area contributed by atoms with Gasteiger partial charge < -0.3 is 5.11 Å². The first-order valence-electron chi connectivity index (χ1n) is 5.10. The maximum atomic E-state index is 9.57. The van der Waals surface area contributed by atoms with E-state index in [9.17, 15) is 5.11 Å². The molecule has 2 nitrogen and oxygen atoms in total. The van der Waals surface area contributed by atoms with Crippen LogP contribution in [-0.2, 0) is 0 Å². The number of hydrogen-bond acceptors (Lipinski definition) is 2. The molecule has 0 amide bonds. The van der Waals surface area contributed by atoms with Crippen molar-refractivity contribution < 1.29 is 5.11 Å². The van der Waals surface area contributed by atoms with Crippen molar-refractivity contribution in [2.75, 3.05) is 0 Å². The quantitative estimate of drug-likeness (QED) is 0.758. The van der Waals surface area contributed by atoms with Gasteiger partial charge in [0, 0.05) is 5.56 Å². The number of rotatable bonds is 1. The van der Waals surface area contributed by atoms with Crippen LogP contribution in [0.25, 0.3) is 0 Å². The van der Waals surface area contributed by atoms with Crippen molar-refractivity contribution in [2.24, 2.45) is 4.99 Å². The molecule has 0 fully saturated rings. The molecule has 1 aliphatic rings. The van der Waals surface area contributed by atoms with Crippen LogP contribution in [0.3, 0.4) is 0 Å². The molecule has 0 spiro atoms. The molecule has 0 saturated heterocycles. The number of phenols is 1. The molecule has 0 aliphatic heterocycles. The Bertz CT molecular complexity index is 522. The highest BCUT2D eigenvalue weighted by atomic mass is 16.3. The monoisotopic (exact) mass is 211 g/mol. The molecule has 0 radical (unpaired) electrons. The summed E-state index contributed by atoms with van der Waals surface area (Å²) in [5.41, 5.74) is 3.27. The average molecular weight is 211 g/mol. The van der Waals surface area contributed by atoms with Crippen molar-refractivity contribution >= 4 is 11.4 Å². The number of nitrogens with zero attached hydrogens (tertiary/aromatic N) is 1. The average Bonchev–Trinajstić information content (AvgIpc) is 2.28. The van der Waals surface area contributed by atoms with Gasteiger partial charge in [0.1, 0.15) is 5.75 Å². The van der Waals surface area contributed by atoms with Gasteiger partial charge in [-0.25, -0.2) is 4.99 Å². The molecule has 1 N–H and O–H groups in total. The Morgan fingerprint density at radius 2 is 1.94 bits per heavy atom. The largest absolute Gasteiger partial charge is 0.508 e. The van der Waals surface area contributed by atoms with Crippen LogP contribution >= 0.6 is 0 Å². The van der Waals surface area contributed by atoms with E-state index in [1.165, 1.54) is 0 Å². The van der Waals surface area contributed by atoms with E-state index in [0.29, 0.717) is 0 Å². The van der Waals surface area contributed by atoms with Gasteiger partial charge in [-0.1, -0.05) is 30.9 Å². The van der Waals surface area contributed by atoms with E-state index in [1.54, 1.807) is 12.1 Å². The third kappa shape index (κ3) is 1.96. The van der Waals surface area contributed by atoms with Crippen molar-refractivity contribution in [3.8, 4) is 5.75 Å². The summed E-state index contributed by atoms with van der Waals surface area (Å²) >= 11 is 0. The highest BCUT2D eigenvalue weighted by Crippen LogP contribution is 2.27. The third-order valence-corrected chi connectivity index (χ3v) is 2.51. The van der Waals surface area contributed by atoms with E-state index < -0.39 is 0 Å². The molecule has 2 rings (SSSR count). The zero-order chi connectivity index (χ0) is 11.5. The van der Waals surface area contributed by atoms with Gasteiger partial charge in [0.15, 0.2) is 0 Å². The van der Waals surface area contributed by atoms with Crippen LogP contribution in [0.2, 0.25) is 0 Å². The Kier molecular flexibility index (Phi) is 2.73. The second-order valence-electron chi connectivity index (χ2n) is 3.66. The van der Waals surface area contributed by atoms with E-state index in [0.717, 1.165) is 22.5 Å². The lowest BCUT2D eigenvalue weighted by atomic mass is 10.1. The fraction of sp³-hybridized carbons (Fsp3) is 0.0714. The zero-order valence-corrected chi connectivity index (χ0v) is 9.14. The van der Waals surface area contributed by atoms with Crippen LogP contribution in [0.5, 0.6) is 5.75 Å². The summed E-state index contributed by atoms with van der Waals surface area (Å²) in [4.78, 5) is 4.48. The van der Waals surface area contributed by atoms with Gasteiger partial charge in [-0.3, -0.25) is 0 Å². The van der Waals surface area contributed by atoms with Crippen LogP contribution in [0.15, 0.2) is 59.6 Å². The molecule has 0 bridgehead atoms. The van der Waals surface area contributed by atoms with E-state index >= 15 is 0 Å². The van der Waals surface area contributed by atoms with Gasteiger partial charge in [-0.2, -0.15) is 0 Å². The summed E-state index contributed by atoms with van der Waals surface area (Å²) < 4.78 is 0. The molecule has 0 aromatic heterocycles. The summed E-state index contributed by atoms with van der Waals surface area (Å²) in [6.07, 6.45) is 7.67. The summed E-state index contributed by atoms with van der Waals surface area (Å²) in [6, 6.07) is 5.32. The molecule has 0 saturated carbocycles. The standard InChI is InChI=1S/C14H13NO/c1-10-6-3-4-7-12(10)15-13-8-5-9-14(16)11(13)2/h3-9,16H,1H2,2H3/b15-12-. The number of phenolic OH excluding ortho intramolecular Hbond substituents is 1. The van der Waals surface area contributed by atoms with Gasteiger partial charge in [0.05, 0.1) is 11.4 Å². The number of benzene rings is 1. The maximum Gasteiger partial charge on any atom is 0.120 e. The highest BCUT2D eigenvalue weighted by Gasteiger charge is 2.05. The summed E-state index contributed by atoms with van der Waals surface area (Å²) in [5, 5.41) is 9.57. The second kappa shape index (κ2) is 4.19. The minimum atomic E-state index is 0.266. The molecule has 1 aromatic carbocycles. The Morgan fingerprint density at radius 1 is 1.19 bits per heavy atom. The summed E-state index contributed by atoms with van der Waals surface area (Å²) in [5.74, 6) is 0.266. The third-order valence-electron chi connectivity index (χ3n) is 2.51. The summed E-state index contributed by atoms with van der Waals surface area (Å²) in [7, 11) is 0. The minimum absolute atomic E-state index is 0.266. The van der Waals surface area contributed by atoms with Crippen molar-refractivity contribution in [1.82, 2.24) is 0 Å². The lowest BCUT2D eigenvalue weighted by molar-refractivity contribution is 0.471. The summed E-state index contributed by atoms with van der Waals surface area (Å²) in [6.45, 7) is 5.76. The first-order chi connectivity index (χ1) is 7.68. The molecule has 0 unspecified atom stereocenters. The van der Waals surface area contributed by atoms with E-state index in [1.807, 2.05) is 37.3 Å². The Balaban J connectivity index is 2.43. The van der Waals surface area contributed by atoms with Crippen LogP contribution in [0, 0.1) is 6.92 Å². The number of allylic oxidation sites excluding steroid dienone is 5. The SMILES string of the molecule is C=C1C=CC=C/C1=N/c1cccc(O)c1C. The Hall–Kier alpha value is -2.09. The van der Waals surface area contributed by atoms with E-state index in [-0.39, 0.29) is 5.75 Å². The maximum absolute atomic E-state index is 9.57. The molecular weight excluding hydrogens is 198 g/mol. The fourth-order valence-corrected chi connectivity index (χ4v) is 1.48. The van der Waals surface area contributed by atoms with Gasteiger partial charge in [0.2, 0.25) is 0 Å². The van der Waals surface area contributed by atoms with Crippen LogP contribution in [0.4, 0.5) is 5.69 Å². The lowest BCUT2D eigenvalue weighted by Gasteiger charge is -2.07.